The number of benzene rings is 1. The molecule has 0 spiro atoms. The van der Waals surface area contributed by atoms with Crippen LogP contribution in [0, 0.1) is 6.92 Å². The average molecular weight is 455 g/mol. The zero-order valence-corrected chi connectivity index (χ0v) is 18.6. The van der Waals surface area contributed by atoms with E-state index in [-0.39, 0.29) is 23.7 Å². The highest BCUT2D eigenvalue weighted by Gasteiger charge is 2.24. The molecule has 166 valence electrons. The minimum atomic E-state index is -0.521. The summed E-state index contributed by atoms with van der Waals surface area (Å²) in [6.45, 7) is 6.05. The van der Waals surface area contributed by atoms with Crippen molar-refractivity contribution in [3.8, 4) is 17.2 Å². The summed E-state index contributed by atoms with van der Waals surface area (Å²) in [5, 5.41) is 8.88. The van der Waals surface area contributed by atoms with Crippen LogP contribution in [0.1, 0.15) is 35.8 Å². The van der Waals surface area contributed by atoms with Gasteiger partial charge in [0.1, 0.15) is 28.7 Å². The summed E-state index contributed by atoms with van der Waals surface area (Å²) in [5.74, 6) is 1.73. The predicted octanol–water partition coefficient (Wildman–Crippen LogP) is 4.03. The van der Waals surface area contributed by atoms with E-state index < -0.39 is 5.97 Å². The lowest BCUT2D eigenvalue weighted by molar-refractivity contribution is 0.0526. The molecule has 3 aromatic heterocycles. The van der Waals surface area contributed by atoms with Crippen LogP contribution < -0.4 is 10.5 Å². The van der Waals surface area contributed by atoms with Gasteiger partial charge in [0, 0.05) is 0 Å². The summed E-state index contributed by atoms with van der Waals surface area (Å²) in [6.07, 6.45) is 0. The van der Waals surface area contributed by atoms with E-state index in [1.807, 2.05) is 31.2 Å². The normalized spacial score (nSPS) is 11.1. The summed E-state index contributed by atoms with van der Waals surface area (Å²) in [6, 6.07) is 7.45. The summed E-state index contributed by atoms with van der Waals surface area (Å²) >= 11 is 1.26. The number of furan rings is 1. The SMILES string of the molecule is CCOC(=O)c1c(C)oc2nc(CSc3nnc(-c4ccccc4OCC)o3)nc(N)c12. The van der Waals surface area contributed by atoms with Crippen LogP contribution in [-0.4, -0.2) is 39.3 Å². The highest BCUT2D eigenvalue weighted by molar-refractivity contribution is 7.98. The molecule has 0 fully saturated rings. The average Bonchev–Trinajstić information content (AvgIpc) is 3.37. The van der Waals surface area contributed by atoms with Crippen molar-refractivity contribution >= 4 is 34.6 Å². The van der Waals surface area contributed by atoms with E-state index in [0.29, 0.717) is 51.8 Å². The fourth-order valence-corrected chi connectivity index (χ4v) is 3.74. The van der Waals surface area contributed by atoms with Gasteiger partial charge in [0.05, 0.1) is 29.9 Å². The Morgan fingerprint density at radius 1 is 1.12 bits per heavy atom. The number of aromatic nitrogens is 4. The summed E-state index contributed by atoms with van der Waals surface area (Å²) < 4.78 is 22.1. The van der Waals surface area contributed by atoms with Crippen LogP contribution in [0.3, 0.4) is 0 Å². The van der Waals surface area contributed by atoms with Crippen molar-refractivity contribution in [2.24, 2.45) is 0 Å². The number of fused-ring (bicyclic) bond motifs is 1. The minimum absolute atomic E-state index is 0.141. The molecule has 0 atom stereocenters. The van der Waals surface area contributed by atoms with Gasteiger partial charge in [-0.3, -0.25) is 0 Å². The van der Waals surface area contributed by atoms with Gasteiger partial charge in [-0.15, -0.1) is 10.2 Å². The molecule has 11 heteroatoms. The minimum Gasteiger partial charge on any atom is -0.493 e. The third kappa shape index (κ3) is 4.24. The van der Waals surface area contributed by atoms with Gasteiger partial charge in [-0.2, -0.15) is 4.98 Å². The lowest BCUT2D eigenvalue weighted by Gasteiger charge is -2.06. The maximum atomic E-state index is 12.2. The van der Waals surface area contributed by atoms with Gasteiger partial charge < -0.3 is 24.0 Å². The van der Waals surface area contributed by atoms with Gasteiger partial charge in [-0.05, 0) is 32.9 Å². The third-order valence-corrected chi connectivity index (χ3v) is 5.24. The van der Waals surface area contributed by atoms with Gasteiger partial charge >= 0.3 is 5.97 Å². The maximum absolute atomic E-state index is 12.2. The molecule has 32 heavy (non-hydrogen) atoms. The molecule has 10 nitrogen and oxygen atoms in total. The molecular formula is C21H21N5O5S. The molecule has 0 amide bonds. The van der Waals surface area contributed by atoms with E-state index in [0.717, 1.165) is 0 Å². The van der Waals surface area contributed by atoms with Crippen LogP contribution in [-0.2, 0) is 10.5 Å². The van der Waals surface area contributed by atoms with Crippen molar-refractivity contribution in [1.29, 1.82) is 0 Å². The van der Waals surface area contributed by atoms with Gasteiger partial charge in [0.15, 0.2) is 0 Å². The Morgan fingerprint density at radius 2 is 1.94 bits per heavy atom. The molecular weight excluding hydrogens is 434 g/mol. The van der Waals surface area contributed by atoms with Gasteiger partial charge in [0.25, 0.3) is 11.1 Å². The van der Waals surface area contributed by atoms with E-state index in [4.69, 9.17) is 24.0 Å². The zero-order chi connectivity index (χ0) is 22.7. The molecule has 0 saturated heterocycles. The second kappa shape index (κ2) is 9.27. The monoisotopic (exact) mass is 455 g/mol. The van der Waals surface area contributed by atoms with Crippen molar-refractivity contribution in [2.75, 3.05) is 18.9 Å². The fourth-order valence-electron chi connectivity index (χ4n) is 3.13. The smallest absolute Gasteiger partial charge is 0.342 e. The molecule has 3 heterocycles. The first-order valence-electron chi connectivity index (χ1n) is 9.92. The molecule has 0 aliphatic rings. The molecule has 1 aromatic carbocycles. The zero-order valence-electron chi connectivity index (χ0n) is 17.7. The topological polar surface area (TPSA) is 139 Å². The van der Waals surface area contributed by atoms with Crippen molar-refractivity contribution in [3.05, 3.63) is 41.4 Å². The first-order valence-corrected chi connectivity index (χ1v) is 10.9. The number of thioether (sulfide) groups is 1. The summed E-state index contributed by atoms with van der Waals surface area (Å²) in [7, 11) is 0. The van der Waals surface area contributed by atoms with Crippen LogP contribution in [0.4, 0.5) is 5.82 Å². The number of para-hydroxylation sites is 1. The van der Waals surface area contributed by atoms with Crippen LogP contribution in [0.15, 0.2) is 38.3 Å². The number of aryl methyl sites for hydroxylation is 1. The van der Waals surface area contributed by atoms with E-state index in [1.54, 1.807) is 13.8 Å². The standard InChI is InChI=1S/C21H21N5O5S/c1-4-28-13-9-7-6-8-12(13)18-25-26-21(31-18)32-10-14-23-17(22)16-15(20(27)29-5-2)11(3)30-19(16)24-14/h6-9H,4-5,10H2,1-3H3,(H2,22,23,24). The van der Waals surface area contributed by atoms with Gasteiger partial charge in [0.2, 0.25) is 5.71 Å². The fraction of sp³-hybridized carbons (Fsp3) is 0.286. The van der Waals surface area contributed by atoms with Crippen molar-refractivity contribution in [2.45, 2.75) is 31.7 Å². The number of ether oxygens (including phenoxy) is 2. The summed E-state index contributed by atoms with van der Waals surface area (Å²) in [5.41, 5.74) is 7.29. The Kier molecular flexibility index (Phi) is 6.26. The molecule has 0 bridgehead atoms. The third-order valence-electron chi connectivity index (χ3n) is 4.43. The van der Waals surface area contributed by atoms with Crippen molar-refractivity contribution in [1.82, 2.24) is 20.2 Å². The number of carbonyl (C=O) groups is 1. The number of nitrogens with zero attached hydrogens (tertiary/aromatic N) is 4. The highest BCUT2D eigenvalue weighted by atomic mass is 32.2. The predicted molar refractivity (Wildman–Crippen MR) is 117 cm³/mol. The van der Waals surface area contributed by atoms with Crippen molar-refractivity contribution in [3.63, 3.8) is 0 Å². The van der Waals surface area contributed by atoms with Crippen LogP contribution in [0.25, 0.3) is 22.6 Å². The maximum Gasteiger partial charge on any atom is 0.342 e. The number of carbonyl (C=O) groups excluding carboxylic acids is 1. The Bertz CT molecular complexity index is 1270. The highest BCUT2D eigenvalue weighted by Crippen LogP contribution is 2.33. The van der Waals surface area contributed by atoms with Gasteiger partial charge in [-0.25, -0.2) is 9.78 Å². The van der Waals surface area contributed by atoms with E-state index in [9.17, 15) is 4.79 Å². The summed E-state index contributed by atoms with van der Waals surface area (Å²) in [4.78, 5) is 20.9. The molecule has 0 saturated carbocycles. The lowest BCUT2D eigenvalue weighted by Crippen LogP contribution is -2.07. The number of nitrogen functional groups attached to an aromatic ring is 1. The molecule has 0 aliphatic carbocycles. The first kappa shape index (κ1) is 21.6. The second-order valence-corrected chi connectivity index (χ2v) is 7.48. The quantitative estimate of drug-likeness (QED) is 0.304. The number of esters is 1. The molecule has 0 radical (unpaired) electrons. The number of rotatable bonds is 8. The Morgan fingerprint density at radius 3 is 2.72 bits per heavy atom. The second-order valence-electron chi connectivity index (χ2n) is 6.55. The molecule has 0 aliphatic heterocycles. The largest absolute Gasteiger partial charge is 0.493 e. The number of nitrogens with two attached hydrogens (primary N) is 1. The molecule has 4 aromatic rings. The van der Waals surface area contributed by atoms with E-state index in [1.165, 1.54) is 11.8 Å². The lowest BCUT2D eigenvalue weighted by atomic mass is 10.2. The van der Waals surface area contributed by atoms with Crippen LogP contribution in [0.2, 0.25) is 0 Å². The Balaban J connectivity index is 1.54. The molecule has 2 N–H and O–H groups in total. The Labute approximate surface area is 187 Å². The van der Waals surface area contributed by atoms with Crippen molar-refractivity contribution < 1.29 is 23.1 Å². The first-order chi connectivity index (χ1) is 15.5. The number of hydrogen-bond donors (Lipinski definition) is 1. The number of anilines is 1. The Hall–Kier alpha value is -3.60. The molecule has 4 rings (SSSR count). The van der Waals surface area contributed by atoms with Crippen LogP contribution >= 0.6 is 11.8 Å². The van der Waals surface area contributed by atoms with E-state index >= 15 is 0 Å². The van der Waals surface area contributed by atoms with Crippen LogP contribution in [0.5, 0.6) is 5.75 Å². The number of hydrogen-bond acceptors (Lipinski definition) is 11. The van der Waals surface area contributed by atoms with E-state index in [2.05, 4.69) is 20.2 Å². The molecule has 0 unspecified atom stereocenters. The van der Waals surface area contributed by atoms with Gasteiger partial charge in [-0.1, -0.05) is 23.9 Å².